The Balaban J connectivity index is 4.29. The quantitative estimate of drug-likeness (QED) is 0.286. The minimum Gasteiger partial charge on any atom is -0.0751 e. The average molecular weight is 415 g/mol. The Morgan fingerprint density at radius 2 is 0.739 bits per heavy atom. The summed E-state index contributed by atoms with van der Waals surface area (Å²) in [5.74, 6) is 1.34. The standard InChI is InChI=1S/C18H38S5/c1-13(15(3,4)5)17(9,10)19-21-23-22-20-18(11,12)14(2)16(6,7)8/h13-14H,1-12H3. The van der Waals surface area contributed by atoms with Gasteiger partial charge in [0.15, 0.2) is 0 Å². The number of hydrogen-bond donors (Lipinski definition) is 0. The molecule has 0 aliphatic rings. The highest BCUT2D eigenvalue weighted by atomic mass is 33.8. The molecule has 140 valence electrons. The van der Waals surface area contributed by atoms with Crippen LogP contribution in [0.3, 0.4) is 0 Å². The largest absolute Gasteiger partial charge is 0.0751 e. The fourth-order valence-electron chi connectivity index (χ4n) is 2.44. The van der Waals surface area contributed by atoms with Gasteiger partial charge < -0.3 is 0 Å². The minimum absolute atomic E-state index is 0.287. The molecule has 0 saturated heterocycles. The maximum Gasteiger partial charge on any atom is 0.0246 e. The highest BCUT2D eigenvalue weighted by Gasteiger charge is 2.37. The van der Waals surface area contributed by atoms with E-state index in [9.17, 15) is 0 Å². The van der Waals surface area contributed by atoms with E-state index in [-0.39, 0.29) is 9.49 Å². The van der Waals surface area contributed by atoms with E-state index in [1.807, 2.05) is 51.1 Å². The first-order valence-corrected chi connectivity index (χ1v) is 14.5. The summed E-state index contributed by atoms with van der Waals surface area (Å²) in [5.41, 5.74) is 0.710. The van der Waals surface area contributed by atoms with E-state index in [0.717, 1.165) is 0 Å². The zero-order valence-corrected chi connectivity index (χ0v) is 21.3. The van der Waals surface area contributed by atoms with E-state index in [4.69, 9.17) is 0 Å². The highest BCUT2D eigenvalue weighted by Crippen LogP contribution is 2.59. The van der Waals surface area contributed by atoms with Crippen molar-refractivity contribution in [2.45, 2.75) is 92.6 Å². The van der Waals surface area contributed by atoms with Gasteiger partial charge in [-0.25, -0.2) is 0 Å². The fraction of sp³-hybridized carbons (Fsp3) is 1.00. The van der Waals surface area contributed by atoms with Gasteiger partial charge in [-0.15, -0.1) is 0 Å². The molecule has 0 aliphatic heterocycles. The summed E-state index contributed by atoms with van der Waals surface area (Å²) < 4.78 is 0.574. The Kier molecular flexibility index (Phi) is 9.79. The van der Waals surface area contributed by atoms with Gasteiger partial charge in [0, 0.05) is 9.49 Å². The van der Waals surface area contributed by atoms with E-state index < -0.39 is 0 Å². The van der Waals surface area contributed by atoms with Crippen LogP contribution >= 0.6 is 51.1 Å². The summed E-state index contributed by atoms with van der Waals surface area (Å²) in [6.07, 6.45) is 0. The van der Waals surface area contributed by atoms with Crippen LogP contribution in [0.15, 0.2) is 0 Å². The van der Waals surface area contributed by atoms with Gasteiger partial charge >= 0.3 is 0 Å². The third kappa shape index (κ3) is 8.79. The monoisotopic (exact) mass is 414 g/mol. The SMILES string of the molecule is CC(C(C)(C)C)C(C)(C)SSSSSC(C)(C)C(C)C(C)(C)C. The van der Waals surface area contributed by atoms with Crippen molar-refractivity contribution in [3.05, 3.63) is 0 Å². The molecule has 2 unspecified atom stereocenters. The summed E-state index contributed by atoms with van der Waals surface area (Å²) >= 11 is 0. The van der Waals surface area contributed by atoms with Crippen LogP contribution in [0.5, 0.6) is 0 Å². The highest BCUT2D eigenvalue weighted by molar-refractivity contribution is 9.35. The van der Waals surface area contributed by atoms with Crippen LogP contribution in [0.4, 0.5) is 0 Å². The molecule has 23 heavy (non-hydrogen) atoms. The minimum atomic E-state index is 0.287. The lowest BCUT2D eigenvalue weighted by Crippen LogP contribution is -2.34. The van der Waals surface area contributed by atoms with Crippen molar-refractivity contribution in [3.8, 4) is 0 Å². The van der Waals surface area contributed by atoms with Gasteiger partial charge in [-0.2, -0.15) is 0 Å². The van der Waals surface area contributed by atoms with Crippen LogP contribution in [-0.2, 0) is 0 Å². The molecule has 0 rings (SSSR count). The van der Waals surface area contributed by atoms with E-state index in [1.54, 1.807) is 0 Å². The molecule has 0 aliphatic carbocycles. The molecule has 0 nitrogen and oxygen atoms in total. The first-order valence-electron chi connectivity index (χ1n) is 8.38. The molecule has 0 fully saturated rings. The van der Waals surface area contributed by atoms with E-state index in [0.29, 0.717) is 22.7 Å². The van der Waals surface area contributed by atoms with Crippen LogP contribution in [0.2, 0.25) is 0 Å². The zero-order chi connectivity index (χ0) is 18.7. The van der Waals surface area contributed by atoms with Crippen LogP contribution in [0.1, 0.15) is 83.1 Å². The van der Waals surface area contributed by atoms with Crippen LogP contribution in [0, 0.1) is 22.7 Å². The molecule has 0 aromatic carbocycles. The van der Waals surface area contributed by atoms with Crippen LogP contribution in [-0.4, -0.2) is 9.49 Å². The predicted molar refractivity (Wildman–Crippen MR) is 123 cm³/mol. The van der Waals surface area contributed by atoms with Crippen LogP contribution in [0.25, 0.3) is 0 Å². The summed E-state index contributed by atoms with van der Waals surface area (Å²) in [6, 6.07) is 0. The lowest BCUT2D eigenvalue weighted by atomic mass is 9.75. The molecule has 0 heterocycles. The molecule has 0 aromatic rings. The second-order valence-electron chi connectivity index (χ2n) is 9.75. The maximum absolute atomic E-state index is 2.38. The van der Waals surface area contributed by atoms with E-state index in [1.165, 1.54) is 0 Å². The zero-order valence-electron chi connectivity index (χ0n) is 17.2. The van der Waals surface area contributed by atoms with Crippen molar-refractivity contribution in [1.29, 1.82) is 0 Å². The molecule has 0 bridgehead atoms. The first kappa shape index (κ1) is 24.8. The first-order chi connectivity index (χ1) is 10.0. The van der Waals surface area contributed by atoms with E-state index >= 15 is 0 Å². The van der Waals surface area contributed by atoms with Crippen molar-refractivity contribution in [2.75, 3.05) is 0 Å². The maximum atomic E-state index is 2.38. The van der Waals surface area contributed by atoms with Crippen molar-refractivity contribution in [1.82, 2.24) is 0 Å². The van der Waals surface area contributed by atoms with Gasteiger partial charge in [0.2, 0.25) is 0 Å². The molecule has 0 spiro atoms. The molecule has 0 N–H and O–H groups in total. The Morgan fingerprint density at radius 3 is 0.957 bits per heavy atom. The van der Waals surface area contributed by atoms with Gasteiger partial charge in [0.25, 0.3) is 0 Å². The molecule has 0 saturated carbocycles. The predicted octanol–water partition coefficient (Wildman–Crippen LogP) is 9.23. The van der Waals surface area contributed by atoms with Gasteiger partial charge in [-0.1, -0.05) is 77.0 Å². The molecule has 0 aromatic heterocycles. The number of hydrogen-bond acceptors (Lipinski definition) is 5. The molecule has 5 heteroatoms. The number of rotatable bonds is 8. The molecular formula is C18H38S5. The Bertz CT molecular complexity index is 315. The molecule has 0 radical (unpaired) electrons. The lowest BCUT2D eigenvalue weighted by molar-refractivity contribution is 0.220. The molecule has 2 atom stereocenters. The second kappa shape index (κ2) is 9.10. The Hall–Kier alpha value is 1.75. The topological polar surface area (TPSA) is 0 Å². The van der Waals surface area contributed by atoms with Crippen LogP contribution < -0.4 is 0 Å². The third-order valence-electron chi connectivity index (χ3n) is 5.24. The third-order valence-corrected chi connectivity index (χ3v) is 15.6. The van der Waals surface area contributed by atoms with Gasteiger partial charge in [-0.3, -0.25) is 0 Å². The van der Waals surface area contributed by atoms with Crippen molar-refractivity contribution in [2.24, 2.45) is 22.7 Å². The molecule has 0 amide bonds. The van der Waals surface area contributed by atoms with Gasteiger partial charge in [0.05, 0.1) is 0 Å². The van der Waals surface area contributed by atoms with Gasteiger partial charge in [-0.05, 0) is 79.8 Å². The van der Waals surface area contributed by atoms with E-state index in [2.05, 4.69) is 83.1 Å². The lowest BCUT2D eigenvalue weighted by Gasteiger charge is -2.40. The fourth-order valence-corrected chi connectivity index (χ4v) is 13.8. The van der Waals surface area contributed by atoms with Crippen molar-refractivity contribution in [3.63, 3.8) is 0 Å². The second-order valence-corrected chi connectivity index (χ2v) is 18.5. The molecular weight excluding hydrogens is 377 g/mol. The Morgan fingerprint density at radius 1 is 0.478 bits per heavy atom. The smallest absolute Gasteiger partial charge is 0.0246 e. The van der Waals surface area contributed by atoms with Crippen molar-refractivity contribution >= 4 is 51.1 Å². The summed E-state index contributed by atoms with van der Waals surface area (Å²) in [5, 5.41) is 0. The summed E-state index contributed by atoms with van der Waals surface area (Å²) in [6.45, 7) is 28.4. The van der Waals surface area contributed by atoms with Gasteiger partial charge in [0.1, 0.15) is 0 Å². The summed E-state index contributed by atoms with van der Waals surface area (Å²) in [7, 11) is 9.85. The Labute approximate surface area is 165 Å². The normalized spacial score (nSPS) is 17.2. The summed E-state index contributed by atoms with van der Waals surface area (Å²) in [4.78, 5) is 0. The average Bonchev–Trinajstić information content (AvgIpc) is 2.34. The van der Waals surface area contributed by atoms with Crippen molar-refractivity contribution < 1.29 is 0 Å².